The lowest BCUT2D eigenvalue weighted by molar-refractivity contribution is -0.119. The molecule has 152 valence electrons. The maximum atomic E-state index is 12.6. The third kappa shape index (κ3) is 5.38. The predicted octanol–water partition coefficient (Wildman–Crippen LogP) is 3.66. The molecular formula is C20H29N3O4Si. The van der Waals surface area contributed by atoms with Crippen molar-refractivity contribution in [2.75, 3.05) is 6.54 Å². The van der Waals surface area contributed by atoms with Crippen molar-refractivity contribution in [3.8, 4) is 0 Å². The van der Waals surface area contributed by atoms with Crippen LogP contribution in [-0.4, -0.2) is 54.8 Å². The number of nitrogens with zero attached hydrogens (tertiary/aromatic N) is 3. The van der Waals surface area contributed by atoms with Crippen molar-refractivity contribution in [3.05, 3.63) is 41.4 Å². The predicted molar refractivity (Wildman–Crippen MR) is 108 cm³/mol. The number of carbonyl (C=O) groups excluding carboxylic acids is 2. The quantitative estimate of drug-likeness (QED) is 0.314. The molecule has 0 spiro atoms. The maximum Gasteiger partial charge on any atom is 0.410 e. The number of hydrogen-bond acceptors (Lipinski definition) is 4. The van der Waals surface area contributed by atoms with E-state index in [-0.39, 0.29) is 24.3 Å². The number of rotatable bonds is 6. The molecule has 0 radical (unpaired) electrons. The number of carbonyl (C=O) groups is 2. The molecule has 1 amide bonds. The highest BCUT2D eigenvalue weighted by molar-refractivity contribution is 6.74. The molecule has 2 atom stereocenters. The number of ether oxygens (including phenoxy) is 1. The highest BCUT2D eigenvalue weighted by Crippen LogP contribution is 2.39. The van der Waals surface area contributed by atoms with Gasteiger partial charge in [0, 0.05) is 13.0 Å². The van der Waals surface area contributed by atoms with Gasteiger partial charge in [-0.1, -0.05) is 51.1 Å². The van der Waals surface area contributed by atoms with Gasteiger partial charge in [0.2, 0.25) is 0 Å². The number of ketones is 1. The minimum Gasteiger partial charge on any atom is -0.445 e. The second kappa shape index (κ2) is 8.81. The Morgan fingerprint density at radius 3 is 2.50 bits per heavy atom. The Balaban J connectivity index is 2.11. The van der Waals surface area contributed by atoms with Gasteiger partial charge in [-0.15, -0.1) is 0 Å². The molecule has 0 saturated carbocycles. The standard InChI is InChI=1S/C20H29N3O4Si/c1-20(2,3)28(4,5)27-16-11-17(18(24)12-22-21)23(13-16)19(25)26-14-15-9-7-6-8-10-15/h6-10,12,16-17H,11,13-14H2,1-5H3/t16-,17+/m0/s1. The molecule has 0 aromatic heterocycles. The molecule has 0 unspecified atom stereocenters. The summed E-state index contributed by atoms with van der Waals surface area (Å²) >= 11 is 0. The summed E-state index contributed by atoms with van der Waals surface area (Å²) in [5.74, 6) is -0.444. The van der Waals surface area contributed by atoms with E-state index in [2.05, 4.69) is 38.7 Å². The molecule has 1 heterocycles. The Kier molecular flexibility index (Phi) is 6.93. The molecule has 0 bridgehead atoms. The van der Waals surface area contributed by atoms with E-state index in [1.165, 1.54) is 4.90 Å². The lowest BCUT2D eigenvalue weighted by Gasteiger charge is -2.38. The summed E-state index contributed by atoms with van der Waals surface area (Å²) in [7, 11) is -2.06. The minimum atomic E-state index is -2.06. The van der Waals surface area contributed by atoms with Crippen LogP contribution in [0.5, 0.6) is 0 Å². The van der Waals surface area contributed by atoms with Crippen LogP contribution in [0.4, 0.5) is 4.79 Å². The first-order valence-electron chi connectivity index (χ1n) is 9.41. The molecule has 0 N–H and O–H groups in total. The Morgan fingerprint density at radius 2 is 1.93 bits per heavy atom. The van der Waals surface area contributed by atoms with Crippen molar-refractivity contribution in [3.63, 3.8) is 0 Å². The van der Waals surface area contributed by atoms with E-state index in [0.717, 1.165) is 11.8 Å². The fraction of sp³-hybridized carbons (Fsp3) is 0.550. The van der Waals surface area contributed by atoms with Crippen molar-refractivity contribution in [1.29, 1.82) is 0 Å². The first kappa shape index (κ1) is 22.0. The number of likely N-dealkylation sites (tertiary alicyclic amines) is 1. The normalized spacial score (nSPS) is 19.8. The zero-order valence-corrected chi connectivity index (χ0v) is 18.2. The second-order valence-electron chi connectivity index (χ2n) is 8.59. The lowest BCUT2D eigenvalue weighted by atomic mass is 10.1. The highest BCUT2D eigenvalue weighted by atomic mass is 28.4. The van der Waals surface area contributed by atoms with Crippen molar-refractivity contribution >= 4 is 26.4 Å². The summed E-state index contributed by atoms with van der Waals surface area (Å²) in [6, 6.07) is 8.59. The molecule has 2 rings (SSSR count). The van der Waals surface area contributed by atoms with E-state index >= 15 is 0 Å². The van der Waals surface area contributed by atoms with Gasteiger partial charge in [-0.3, -0.25) is 9.69 Å². The Bertz CT molecular complexity index is 754. The monoisotopic (exact) mass is 403 g/mol. The van der Waals surface area contributed by atoms with Crippen LogP contribution in [0.15, 0.2) is 30.3 Å². The summed E-state index contributed by atoms with van der Waals surface area (Å²) in [5, 5.41) is 0.0142. The minimum absolute atomic E-state index is 0.0142. The molecule has 28 heavy (non-hydrogen) atoms. The van der Waals surface area contributed by atoms with Gasteiger partial charge < -0.3 is 14.7 Å². The van der Waals surface area contributed by atoms with Gasteiger partial charge in [0.1, 0.15) is 12.6 Å². The van der Waals surface area contributed by atoms with Gasteiger partial charge in [0.05, 0.1) is 6.10 Å². The molecular weight excluding hydrogens is 374 g/mol. The fourth-order valence-corrected chi connectivity index (χ4v) is 4.25. The van der Waals surface area contributed by atoms with E-state index in [4.69, 9.17) is 14.7 Å². The Hall–Kier alpha value is -2.28. The fourth-order valence-electron chi connectivity index (χ4n) is 2.89. The molecule has 7 nitrogen and oxygen atoms in total. The van der Waals surface area contributed by atoms with Crippen LogP contribution in [0.2, 0.25) is 18.1 Å². The molecule has 1 aliphatic heterocycles. The third-order valence-electron chi connectivity index (χ3n) is 5.48. The summed E-state index contributed by atoms with van der Waals surface area (Å²) < 4.78 is 11.8. The first-order valence-corrected chi connectivity index (χ1v) is 12.3. The van der Waals surface area contributed by atoms with Gasteiger partial charge in [-0.05, 0) is 23.7 Å². The summed E-state index contributed by atoms with van der Waals surface area (Å²) in [5.41, 5.74) is 9.59. The molecule has 1 aromatic carbocycles. The Labute approximate surface area is 167 Å². The topological polar surface area (TPSA) is 92.2 Å². The second-order valence-corrected chi connectivity index (χ2v) is 13.3. The van der Waals surface area contributed by atoms with Crippen LogP contribution in [0.3, 0.4) is 0 Å². The van der Waals surface area contributed by atoms with Crippen molar-refractivity contribution in [2.45, 2.75) is 64.1 Å². The Morgan fingerprint density at radius 1 is 1.29 bits per heavy atom. The van der Waals surface area contributed by atoms with Gasteiger partial charge in [0.25, 0.3) is 5.78 Å². The van der Waals surface area contributed by atoms with Crippen LogP contribution in [-0.2, 0) is 20.6 Å². The van der Waals surface area contributed by atoms with E-state index < -0.39 is 26.2 Å². The van der Waals surface area contributed by atoms with Crippen molar-refractivity contribution < 1.29 is 23.5 Å². The summed E-state index contributed by atoms with van der Waals surface area (Å²) in [6.07, 6.45) is 0.357. The molecule has 8 heteroatoms. The lowest BCUT2D eigenvalue weighted by Crippen LogP contribution is -2.45. The van der Waals surface area contributed by atoms with E-state index in [1.54, 1.807) is 0 Å². The SMILES string of the molecule is CC(C)(C)[Si](C)(C)O[C@H]1C[C@H](C(=O)C=[N+]=[N-])N(C(=O)OCc2ccccc2)C1. The van der Waals surface area contributed by atoms with E-state index in [0.29, 0.717) is 6.42 Å². The third-order valence-corrected chi connectivity index (χ3v) is 10.0. The molecule has 0 aliphatic carbocycles. The number of benzene rings is 1. The number of amides is 1. The summed E-state index contributed by atoms with van der Waals surface area (Å²) in [6.45, 7) is 11.1. The van der Waals surface area contributed by atoms with Crippen LogP contribution in [0.1, 0.15) is 32.8 Å². The van der Waals surface area contributed by atoms with Gasteiger partial charge >= 0.3 is 12.3 Å². The highest BCUT2D eigenvalue weighted by Gasteiger charge is 2.46. The average molecular weight is 404 g/mol. The maximum absolute atomic E-state index is 12.6. The van der Waals surface area contributed by atoms with Crippen molar-refractivity contribution in [2.24, 2.45) is 0 Å². The molecule has 1 aromatic rings. The van der Waals surface area contributed by atoms with Crippen LogP contribution in [0.25, 0.3) is 5.53 Å². The molecule has 1 aliphatic rings. The van der Waals surface area contributed by atoms with Gasteiger partial charge in [0.15, 0.2) is 8.32 Å². The number of hydrogen-bond donors (Lipinski definition) is 0. The number of Topliss-reactive ketones (excluding diaryl/α,β-unsaturated/α-hetero) is 1. The molecule has 1 saturated heterocycles. The van der Waals surface area contributed by atoms with Gasteiger partial charge in [-0.25, -0.2) is 4.79 Å². The van der Waals surface area contributed by atoms with Crippen LogP contribution in [0, 0.1) is 0 Å². The zero-order chi connectivity index (χ0) is 20.9. The van der Waals surface area contributed by atoms with Crippen LogP contribution < -0.4 is 0 Å². The van der Waals surface area contributed by atoms with E-state index in [1.807, 2.05) is 30.3 Å². The largest absolute Gasteiger partial charge is 0.445 e. The van der Waals surface area contributed by atoms with E-state index in [9.17, 15) is 9.59 Å². The van der Waals surface area contributed by atoms with Gasteiger partial charge in [-0.2, -0.15) is 4.79 Å². The zero-order valence-electron chi connectivity index (χ0n) is 17.2. The molecule has 1 fully saturated rings. The summed E-state index contributed by atoms with van der Waals surface area (Å²) in [4.78, 5) is 29.2. The smallest absolute Gasteiger partial charge is 0.410 e. The first-order chi connectivity index (χ1) is 13.0. The van der Waals surface area contributed by atoms with Crippen molar-refractivity contribution in [1.82, 2.24) is 4.90 Å². The van der Waals surface area contributed by atoms with Crippen LogP contribution >= 0.6 is 0 Å². The average Bonchev–Trinajstić information content (AvgIpc) is 3.03.